The van der Waals surface area contributed by atoms with Gasteiger partial charge in [-0.3, -0.25) is 14.8 Å². The Kier molecular flexibility index (Phi) is 7.60. The van der Waals surface area contributed by atoms with Crippen LogP contribution in [0.25, 0.3) is 22.2 Å². The number of benzene rings is 1. The van der Waals surface area contributed by atoms with Gasteiger partial charge < -0.3 is 10.6 Å². The van der Waals surface area contributed by atoms with E-state index in [2.05, 4.69) is 36.6 Å². The third-order valence-corrected chi connectivity index (χ3v) is 7.68. The Bertz CT molecular complexity index is 1430. The van der Waals surface area contributed by atoms with Crippen molar-refractivity contribution in [3.05, 3.63) is 77.8 Å². The fourth-order valence-corrected chi connectivity index (χ4v) is 5.44. The summed E-state index contributed by atoms with van der Waals surface area (Å²) in [5.41, 5.74) is 4.62. The van der Waals surface area contributed by atoms with Crippen LogP contribution in [0.4, 0.5) is 10.2 Å². The van der Waals surface area contributed by atoms with E-state index in [1.807, 2.05) is 36.7 Å². The van der Waals surface area contributed by atoms with E-state index in [9.17, 15) is 9.18 Å². The summed E-state index contributed by atoms with van der Waals surface area (Å²) in [7, 11) is 1.49. The Morgan fingerprint density at radius 1 is 1.16 bits per heavy atom. The largest absolute Gasteiger partial charge is 0.369 e. The summed E-state index contributed by atoms with van der Waals surface area (Å²) < 4.78 is 14.5. The number of hydrogen-bond donors (Lipinski definition) is 2. The molecule has 3 aromatic heterocycles. The van der Waals surface area contributed by atoms with Gasteiger partial charge in [0.25, 0.3) is 5.91 Å². The van der Waals surface area contributed by atoms with Gasteiger partial charge in [-0.05, 0) is 36.8 Å². The first kappa shape index (κ1) is 25.1. The van der Waals surface area contributed by atoms with Gasteiger partial charge in [0, 0.05) is 60.1 Å². The Balaban J connectivity index is 1.40. The molecule has 0 saturated heterocycles. The molecular weight excluding hydrogens is 487 g/mol. The lowest BCUT2D eigenvalue weighted by Gasteiger charge is -2.24. The number of carbonyl (C=O) groups excluding carboxylic acids is 1. The molecule has 1 unspecified atom stereocenters. The van der Waals surface area contributed by atoms with Crippen LogP contribution in [0.3, 0.4) is 0 Å². The highest BCUT2D eigenvalue weighted by molar-refractivity contribution is 7.98. The van der Waals surface area contributed by atoms with Gasteiger partial charge in [-0.2, -0.15) is 11.8 Å². The van der Waals surface area contributed by atoms with E-state index in [0.29, 0.717) is 23.4 Å². The number of hydrogen-bond acceptors (Lipinski definition) is 7. The third-order valence-electron chi connectivity index (χ3n) is 6.94. The van der Waals surface area contributed by atoms with E-state index in [1.165, 1.54) is 26.3 Å². The number of nitrogens with one attached hydrogen (secondary N) is 2. The summed E-state index contributed by atoms with van der Waals surface area (Å²) in [4.78, 5) is 30.2. The molecule has 37 heavy (non-hydrogen) atoms. The number of pyridine rings is 2. The summed E-state index contributed by atoms with van der Waals surface area (Å²) in [5, 5.41) is 6.50. The van der Waals surface area contributed by atoms with E-state index in [4.69, 9.17) is 0 Å². The summed E-state index contributed by atoms with van der Waals surface area (Å²) >= 11 is 1.72. The molecular formula is C28H29FN6OS. The fourth-order valence-electron chi connectivity index (χ4n) is 4.74. The van der Waals surface area contributed by atoms with Crippen LogP contribution >= 0.6 is 11.8 Å². The van der Waals surface area contributed by atoms with Crippen molar-refractivity contribution >= 4 is 34.4 Å². The first-order valence-electron chi connectivity index (χ1n) is 12.4. The van der Waals surface area contributed by atoms with Gasteiger partial charge in [0.05, 0.1) is 23.0 Å². The first-order valence-corrected chi connectivity index (χ1v) is 13.8. The van der Waals surface area contributed by atoms with Crippen molar-refractivity contribution in [1.82, 2.24) is 25.3 Å². The maximum absolute atomic E-state index is 14.5. The molecule has 4 aromatic rings. The molecule has 1 saturated carbocycles. The molecule has 1 aliphatic rings. The second-order valence-corrected chi connectivity index (χ2v) is 10.1. The van der Waals surface area contributed by atoms with Crippen molar-refractivity contribution in [3.63, 3.8) is 0 Å². The molecule has 0 radical (unpaired) electrons. The fraction of sp³-hybridized carbons (Fsp3) is 0.321. The molecule has 0 aliphatic heterocycles. The highest BCUT2D eigenvalue weighted by Gasteiger charge is 2.22. The standard InChI is InChI=1S/C28H29FN6OS/c1-30-28(36)26-21-8-4-7-20(27(21)33-14-22(26)29)19(15-37-2)13-32-25-12-24(34-16-35-25)18-9-10-31-23(11-18)17-5-3-6-17/h4,7-12,14,16-17,19H,3,5-6,13,15H2,1-2H3,(H,30,36)(H,32,34,35). The number of nitrogens with zero attached hydrogens (tertiary/aromatic N) is 4. The number of halogens is 1. The molecule has 0 bridgehead atoms. The minimum absolute atomic E-state index is 0.0178. The van der Waals surface area contributed by atoms with Crippen LogP contribution in [0.1, 0.15) is 52.7 Å². The average molecular weight is 517 g/mol. The molecule has 7 nitrogen and oxygen atoms in total. The lowest BCUT2D eigenvalue weighted by Crippen LogP contribution is -2.21. The second-order valence-electron chi connectivity index (χ2n) is 9.22. The molecule has 2 N–H and O–H groups in total. The molecule has 1 aliphatic carbocycles. The maximum atomic E-state index is 14.5. The van der Waals surface area contributed by atoms with Gasteiger partial charge >= 0.3 is 0 Å². The van der Waals surface area contributed by atoms with E-state index >= 15 is 0 Å². The Labute approximate surface area is 219 Å². The molecule has 3 heterocycles. The molecule has 1 fully saturated rings. The summed E-state index contributed by atoms with van der Waals surface area (Å²) in [6.45, 7) is 0.592. The number of fused-ring (bicyclic) bond motifs is 1. The van der Waals surface area contributed by atoms with Crippen molar-refractivity contribution in [1.29, 1.82) is 0 Å². The molecule has 0 spiro atoms. The number of rotatable bonds is 9. The number of carbonyl (C=O) groups is 1. The minimum Gasteiger partial charge on any atom is -0.369 e. The van der Waals surface area contributed by atoms with Gasteiger partial charge in [0.15, 0.2) is 5.82 Å². The Morgan fingerprint density at radius 3 is 2.78 bits per heavy atom. The number of aromatic nitrogens is 4. The van der Waals surface area contributed by atoms with E-state index < -0.39 is 11.7 Å². The zero-order valence-corrected chi connectivity index (χ0v) is 21.7. The van der Waals surface area contributed by atoms with Gasteiger partial charge in [0.1, 0.15) is 12.1 Å². The van der Waals surface area contributed by atoms with E-state index in [-0.39, 0.29) is 11.5 Å². The smallest absolute Gasteiger partial charge is 0.254 e. The third kappa shape index (κ3) is 5.27. The maximum Gasteiger partial charge on any atom is 0.254 e. The number of anilines is 1. The van der Waals surface area contributed by atoms with Crippen molar-refractivity contribution in [2.75, 3.05) is 30.9 Å². The summed E-state index contributed by atoms with van der Waals surface area (Å²) in [6.07, 6.45) is 10.3. The van der Waals surface area contributed by atoms with Gasteiger partial charge in [-0.15, -0.1) is 0 Å². The molecule has 5 rings (SSSR count). The monoisotopic (exact) mass is 516 g/mol. The Morgan fingerprint density at radius 2 is 2.03 bits per heavy atom. The van der Waals surface area contributed by atoms with Crippen LogP contribution in [0.5, 0.6) is 0 Å². The van der Waals surface area contributed by atoms with Crippen LogP contribution in [0.15, 0.2) is 55.1 Å². The minimum atomic E-state index is -0.631. The average Bonchev–Trinajstić information content (AvgIpc) is 2.89. The van der Waals surface area contributed by atoms with Crippen LogP contribution < -0.4 is 10.6 Å². The summed E-state index contributed by atoms with van der Waals surface area (Å²) in [5.74, 6) is 1.05. The highest BCUT2D eigenvalue weighted by atomic mass is 32.2. The summed E-state index contributed by atoms with van der Waals surface area (Å²) in [6, 6.07) is 11.7. The predicted octanol–water partition coefficient (Wildman–Crippen LogP) is 5.41. The SMILES string of the molecule is CNC(=O)c1c(F)cnc2c(C(CNc3cc(-c4ccnc(C5CCC5)c4)ncn3)CSC)cccc12. The molecule has 1 aromatic carbocycles. The van der Waals surface area contributed by atoms with Crippen LogP contribution in [0, 0.1) is 5.82 Å². The topological polar surface area (TPSA) is 92.7 Å². The van der Waals surface area contributed by atoms with Crippen LogP contribution in [0.2, 0.25) is 0 Å². The quantitative estimate of drug-likeness (QED) is 0.307. The van der Waals surface area contributed by atoms with Crippen molar-refractivity contribution < 1.29 is 9.18 Å². The zero-order valence-electron chi connectivity index (χ0n) is 20.9. The number of thioether (sulfide) groups is 1. The first-order chi connectivity index (χ1) is 18.1. The molecule has 190 valence electrons. The zero-order chi connectivity index (χ0) is 25.8. The van der Waals surface area contributed by atoms with Gasteiger partial charge in [0.2, 0.25) is 0 Å². The van der Waals surface area contributed by atoms with Gasteiger partial charge in [-0.25, -0.2) is 14.4 Å². The van der Waals surface area contributed by atoms with Crippen molar-refractivity contribution in [2.45, 2.75) is 31.1 Å². The second kappa shape index (κ2) is 11.2. The molecule has 1 atom stereocenters. The van der Waals surface area contributed by atoms with E-state index in [0.717, 1.165) is 40.3 Å². The lowest BCUT2D eigenvalue weighted by molar-refractivity contribution is 0.0960. The lowest BCUT2D eigenvalue weighted by atomic mass is 9.82. The van der Waals surface area contributed by atoms with Crippen LogP contribution in [-0.2, 0) is 0 Å². The van der Waals surface area contributed by atoms with Crippen LogP contribution in [-0.4, -0.2) is 51.4 Å². The predicted molar refractivity (Wildman–Crippen MR) is 147 cm³/mol. The highest BCUT2D eigenvalue weighted by Crippen LogP contribution is 2.36. The molecule has 1 amide bonds. The van der Waals surface area contributed by atoms with E-state index in [1.54, 1.807) is 24.2 Å². The Hall–Kier alpha value is -3.59. The van der Waals surface area contributed by atoms with Gasteiger partial charge in [-0.1, -0.05) is 24.6 Å². The number of amides is 1. The van der Waals surface area contributed by atoms with Crippen molar-refractivity contribution in [2.24, 2.45) is 0 Å². The number of para-hydroxylation sites is 1. The van der Waals surface area contributed by atoms with Crippen molar-refractivity contribution in [3.8, 4) is 11.3 Å². The molecule has 9 heteroatoms. The normalized spacial score (nSPS) is 14.2.